The van der Waals surface area contributed by atoms with Crippen molar-refractivity contribution in [2.75, 3.05) is 5.32 Å². The highest BCUT2D eigenvalue weighted by atomic mass is 35.5. The molecule has 0 saturated carbocycles. The van der Waals surface area contributed by atoms with Gasteiger partial charge in [0.1, 0.15) is 0 Å². The molecule has 3 aromatic rings. The first kappa shape index (κ1) is 15.2. The van der Waals surface area contributed by atoms with Crippen molar-refractivity contribution in [2.24, 2.45) is 0 Å². The molecule has 1 amide bonds. The van der Waals surface area contributed by atoms with E-state index in [1.807, 2.05) is 30.5 Å². The number of aromatic amines is 1. The number of amides is 1. The number of H-pyrrole nitrogens is 1. The van der Waals surface area contributed by atoms with Gasteiger partial charge >= 0.3 is 0 Å². The molecule has 1 aromatic heterocycles. The summed E-state index contributed by atoms with van der Waals surface area (Å²) in [5.74, 6) is -0.197. The minimum absolute atomic E-state index is 0.197. The SMILES string of the molecule is O=C(Cc1ccc2cc[nH]c2c1)Nc1c(Cl)cc(Cl)cc1Cl. The van der Waals surface area contributed by atoms with E-state index in [0.717, 1.165) is 16.5 Å². The maximum Gasteiger partial charge on any atom is 0.228 e. The van der Waals surface area contributed by atoms with Crippen LogP contribution < -0.4 is 5.32 Å². The van der Waals surface area contributed by atoms with Crippen LogP contribution in [0.1, 0.15) is 5.56 Å². The first-order chi connectivity index (χ1) is 10.5. The number of aromatic nitrogens is 1. The van der Waals surface area contributed by atoms with E-state index in [2.05, 4.69) is 10.3 Å². The predicted molar refractivity (Wildman–Crippen MR) is 92.1 cm³/mol. The standard InChI is InChI=1S/C16H11Cl3N2O/c17-11-7-12(18)16(13(19)8-11)21-15(22)6-9-1-2-10-3-4-20-14(10)5-9/h1-5,7-8,20H,6H2,(H,21,22). The number of hydrogen-bond acceptors (Lipinski definition) is 1. The summed E-state index contributed by atoms with van der Waals surface area (Å²) in [6.07, 6.45) is 2.09. The van der Waals surface area contributed by atoms with Crippen molar-refractivity contribution >= 4 is 57.3 Å². The molecule has 0 aliphatic carbocycles. The van der Waals surface area contributed by atoms with Crippen molar-refractivity contribution < 1.29 is 4.79 Å². The summed E-state index contributed by atoms with van der Waals surface area (Å²) in [7, 11) is 0. The molecule has 0 spiro atoms. The summed E-state index contributed by atoms with van der Waals surface area (Å²) in [4.78, 5) is 15.3. The minimum Gasteiger partial charge on any atom is -0.361 e. The van der Waals surface area contributed by atoms with E-state index in [1.54, 1.807) is 0 Å². The van der Waals surface area contributed by atoms with Gasteiger partial charge in [0.05, 0.1) is 22.2 Å². The Hall–Kier alpha value is -1.68. The number of benzene rings is 2. The van der Waals surface area contributed by atoms with Gasteiger partial charge in [0.15, 0.2) is 0 Å². The van der Waals surface area contributed by atoms with Crippen molar-refractivity contribution in [1.29, 1.82) is 0 Å². The highest BCUT2D eigenvalue weighted by Crippen LogP contribution is 2.33. The predicted octanol–water partition coefficient (Wildman–Crippen LogP) is 5.31. The number of anilines is 1. The molecule has 22 heavy (non-hydrogen) atoms. The molecular weight excluding hydrogens is 343 g/mol. The van der Waals surface area contributed by atoms with Crippen molar-refractivity contribution in [1.82, 2.24) is 4.98 Å². The Bertz CT molecular complexity index is 834. The largest absolute Gasteiger partial charge is 0.361 e. The second-order valence-electron chi connectivity index (χ2n) is 4.87. The van der Waals surface area contributed by atoms with Crippen molar-refractivity contribution in [2.45, 2.75) is 6.42 Å². The fourth-order valence-corrected chi connectivity index (χ4v) is 3.15. The molecular formula is C16H11Cl3N2O. The van der Waals surface area contributed by atoms with Gasteiger partial charge in [-0.15, -0.1) is 0 Å². The number of rotatable bonds is 3. The van der Waals surface area contributed by atoms with Crippen LogP contribution in [0.3, 0.4) is 0 Å². The highest BCUT2D eigenvalue weighted by molar-refractivity contribution is 6.42. The smallest absolute Gasteiger partial charge is 0.228 e. The topological polar surface area (TPSA) is 44.9 Å². The number of carbonyl (C=O) groups is 1. The second-order valence-corrected chi connectivity index (χ2v) is 6.12. The third kappa shape index (κ3) is 3.22. The van der Waals surface area contributed by atoms with Crippen LogP contribution in [0.5, 0.6) is 0 Å². The number of fused-ring (bicyclic) bond motifs is 1. The summed E-state index contributed by atoms with van der Waals surface area (Å²) in [5, 5.41) is 4.87. The van der Waals surface area contributed by atoms with Gasteiger partial charge in [-0.3, -0.25) is 4.79 Å². The van der Waals surface area contributed by atoms with Crippen LogP contribution in [-0.2, 0) is 11.2 Å². The van der Waals surface area contributed by atoms with Gasteiger partial charge < -0.3 is 10.3 Å². The molecule has 0 bridgehead atoms. The maximum atomic E-state index is 12.2. The van der Waals surface area contributed by atoms with Gasteiger partial charge in [0.25, 0.3) is 0 Å². The molecule has 112 valence electrons. The van der Waals surface area contributed by atoms with Gasteiger partial charge in [-0.25, -0.2) is 0 Å². The monoisotopic (exact) mass is 352 g/mol. The highest BCUT2D eigenvalue weighted by Gasteiger charge is 2.12. The van der Waals surface area contributed by atoms with Gasteiger partial charge in [-0.2, -0.15) is 0 Å². The van der Waals surface area contributed by atoms with Crippen molar-refractivity contribution in [3.05, 3.63) is 63.2 Å². The Labute approximate surface area is 142 Å². The lowest BCUT2D eigenvalue weighted by molar-refractivity contribution is -0.115. The molecule has 0 atom stereocenters. The number of carbonyl (C=O) groups excluding carboxylic acids is 1. The molecule has 3 nitrogen and oxygen atoms in total. The zero-order valence-corrected chi connectivity index (χ0v) is 13.6. The second kappa shape index (κ2) is 6.21. The first-order valence-electron chi connectivity index (χ1n) is 6.53. The Morgan fingerprint density at radius 3 is 2.50 bits per heavy atom. The lowest BCUT2D eigenvalue weighted by atomic mass is 10.1. The Morgan fingerprint density at radius 1 is 1.05 bits per heavy atom. The average Bonchev–Trinajstić information content (AvgIpc) is 2.90. The number of nitrogens with one attached hydrogen (secondary N) is 2. The third-order valence-electron chi connectivity index (χ3n) is 3.26. The van der Waals surface area contributed by atoms with E-state index in [4.69, 9.17) is 34.8 Å². The molecule has 0 aliphatic heterocycles. The van der Waals surface area contributed by atoms with Crippen LogP contribution >= 0.6 is 34.8 Å². The van der Waals surface area contributed by atoms with E-state index in [0.29, 0.717) is 20.8 Å². The van der Waals surface area contributed by atoms with Crippen LogP contribution in [0.25, 0.3) is 10.9 Å². The van der Waals surface area contributed by atoms with E-state index in [1.165, 1.54) is 12.1 Å². The summed E-state index contributed by atoms with van der Waals surface area (Å²) >= 11 is 18.0. The zero-order valence-electron chi connectivity index (χ0n) is 11.3. The molecule has 0 fully saturated rings. The molecule has 0 unspecified atom stereocenters. The minimum atomic E-state index is -0.197. The first-order valence-corrected chi connectivity index (χ1v) is 7.67. The Kier molecular flexibility index (Phi) is 4.30. The average molecular weight is 354 g/mol. The fourth-order valence-electron chi connectivity index (χ4n) is 2.24. The molecule has 2 aromatic carbocycles. The van der Waals surface area contributed by atoms with Gasteiger partial charge in [0.2, 0.25) is 5.91 Å². The van der Waals surface area contributed by atoms with Gasteiger partial charge in [0, 0.05) is 16.7 Å². The third-order valence-corrected chi connectivity index (χ3v) is 4.07. The Balaban J connectivity index is 1.77. The van der Waals surface area contributed by atoms with Crippen LogP contribution in [-0.4, -0.2) is 10.9 Å². The van der Waals surface area contributed by atoms with Crippen LogP contribution in [0.15, 0.2) is 42.6 Å². The van der Waals surface area contributed by atoms with Crippen molar-refractivity contribution in [3.63, 3.8) is 0 Å². The van der Waals surface area contributed by atoms with E-state index in [-0.39, 0.29) is 12.3 Å². The molecule has 0 saturated heterocycles. The van der Waals surface area contributed by atoms with E-state index < -0.39 is 0 Å². The lowest BCUT2D eigenvalue weighted by Crippen LogP contribution is -2.15. The lowest BCUT2D eigenvalue weighted by Gasteiger charge is -2.10. The molecule has 6 heteroatoms. The number of halogens is 3. The summed E-state index contributed by atoms with van der Waals surface area (Å²) < 4.78 is 0. The van der Waals surface area contributed by atoms with E-state index >= 15 is 0 Å². The maximum absolute atomic E-state index is 12.2. The fraction of sp³-hybridized carbons (Fsp3) is 0.0625. The zero-order chi connectivity index (χ0) is 15.7. The normalized spacial score (nSPS) is 10.9. The summed E-state index contributed by atoms with van der Waals surface area (Å²) in [6.45, 7) is 0. The van der Waals surface area contributed by atoms with Crippen LogP contribution in [0.2, 0.25) is 15.1 Å². The summed E-state index contributed by atoms with van der Waals surface area (Å²) in [6, 6.07) is 10.9. The molecule has 2 N–H and O–H groups in total. The van der Waals surface area contributed by atoms with Crippen LogP contribution in [0.4, 0.5) is 5.69 Å². The van der Waals surface area contributed by atoms with Gasteiger partial charge in [-0.05, 0) is 35.2 Å². The molecule has 0 radical (unpaired) electrons. The quantitative estimate of drug-likeness (QED) is 0.658. The summed E-state index contributed by atoms with van der Waals surface area (Å²) in [5.41, 5.74) is 2.26. The van der Waals surface area contributed by atoms with Crippen LogP contribution in [0, 0.1) is 0 Å². The van der Waals surface area contributed by atoms with E-state index in [9.17, 15) is 4.79 Å². The Morgan fingerprint density at radius 2 is 1.77 bits per heavy atom. The molecule has 1 heterocycles. The number of hydrogen-bond donors (Lipinski definition) is 2. The molecule has 0 aliphatic rings. The molecule has 3 rings (SSSR count). The van der Waals surface area contributed by atoms with Crippen molar-refractivity contribution in [3.8, 4) is 0 Å². The van der Waals surface area contributed by atoms with Gasteiger partial charge in [-0.1, -0.05) is 46.9 Å².